The van der Waals surface area contributed by atoms with Gasteiger partial charge >= 0.3 is 0 Å². The van der Waals surface area contributed by atoms with Crippen molar-refractivity contribution in [3.05, 3.63) is 65.4 Å². The number of anilines is 1. The normalized spacial score (nSPS) is 17.4. The van der Waals surface area contributed by atoms with Gasteiger partial charge in [0.1, 0.15) is 6.17 Å². The lowest BCUT2D eigenvalue weighted by molar-refractivity contribution is -0.118. The number of benzene rings is 2. The van der Waals surface area contributed by atoms with E-state index < -0.39 is 0 Å². The first-order chi connectivity index (χ1) is 13.6. The lowest BCUT2D eigenvalue weighted by atomic mass is 9.96. The Balaban J connectivity index is 0.00000205. The number of rotatable bonds is 3. The number of amides is 2. The standard InChI is InChI=1S/C22H22N4O2.ClH/c1-24-17-8-4-3-7-16(17)22(28)26-12-10-15-14-6-2-5-9-18(14)25(13-11-19(23)27)20(15)21(24)26;/h2-9,21H,10-13H2,1H3,(H2,23,27);1H/t21-;/m0./s1. The zero-order valence-corrected chi connectivity index (χ0v) is 17.0. The zero-order valence-electron chi connectivity index (χ0n) is 16.2. The smallest absolute Gasteiger partial charge is 0.257 e. The Morgan fingerprint density at radius 2 is 1.86 bits per heavy atom. The number of aryl methyl sites for hydroxylation is 1. The molecule has 1 atom stereocenters. The largest absolute Gasteiger partial charge is 0.370 e. The number of carbonyl (C=O) groups is 2. The monoisotopic (exact) mass is 410 g/mol. The summed E-state index contributed by atoms with van der Waals surface area (Å²) in [6.07, 6.45) is 0.885. The molecule has 0 unspecified atom stereocenters. The van der Waals surface area contributed by atoms with Gasteiger partial charge in [-0.2, -0.15) is 0 Å². The maximum absolute atomic E-state index is 13.2. The van der Waals surface area contributed by atoms with Crippen molar-refractivity contribution in [1.29, 1.82) is 0 Å². The van der Waals surface area contributed by atoms with Crippen molar-refractivity contribution in [3.63, 3.8) is 0 Å². The van der Waals surface area contributed by atoms with Crippen LogP contribution in [0, 0.1) is 0 Å². The molecule has 29 heavy (non-hydrogen) atoms. The van der Waals surface area contributed by atoms with E-state index in [1.165, 1.54) is 10.9 Å². The van der Waals surface area contributed by atoms with E-state index in [-0.39, 0.29) is 36.8 Å². The van der Waals surface area contributed by atoms with E-state index in [0.29, 0.717) is 13.1 Å². The molecule has 1 aromatic heterocycles. The van der Waals surface area contributed by atoms with E-state index in [2.05, 4.69) is 21.6 Å². The van der Waals surface area contributed by atoms with Crippen LogP contribution >= 0.6 is 12.4 Å². The quantitative estimate of drug-likeness (QED) is 0.721. The van der Waals surface area contributed by atoms with E-state index in [0.717, 1.165) is 28.9 Å². The molecule has 0 radical (unpaired) electrons. The second kappa shape index (κ2) is 7.12. The summed E-state index contributed by atoms with van der Waals surface area (Å²) >= 11 is 0. The Labute approximate surface area is 175 Å². The summed E-state index contributed by atoms with van der Waals surface area (Å²) in [5, 5.41) is 1.20. The number of para-hydroxylation sites is 2. The third kappa shape index (κ3) is 2.78. The molecule has 0 aliphatic carbocycles. The number of hydrogen-bond acceptors (Lipinski definition) is 3. The second-order valence-electron chi connectivity index (χ2n) is 7.50. The van der Waals surface area contributed by atoms with Gasteiger partial charge in [0, 0.05) is 37.5 Å². The molecule has 2 aliphatic rings. The van der Waals surface area contributed by atoms with Gasteiger partial charge in [-0.25, -0.2) is 0 Å². The number of nitrogens with two attached hydrogens (primary N) is 1. The van der Waals surface area contributed by atoms with Crippen molar-refractivity contribution >= 4 is 40.8 Å². The minimum Gasteiger partial charge on any atom is -0.370 e. The summed E-state index contributed by atoms with van der Waals surface area (Å²) < 4.78 is 2.18. The van der Waals surface area contributed by atoms with E-state index in [9.17, 15) is 9.59 Å². The minimum absolute atomic E-state index is 0. The van der Waals surface area contributed by atoms with Crippen molar-refractivity contribution in [3.8, 4) is 0 Å². The molecule has 3 aromatic rings. The molecular formula is C22H23ClN4O2. The first-order valence-corrected chi connectivity index (χ1v) is 9.59. The van der Waals surface area contributed by atoms with Crippen molar-refractivity contribution in [2.75, 3.05) is 18.5 Å². The van der Waals surface area contributed by atoms with Crippen LogP contribution in [-0.4, -0.2) is 34.9 Å². The van der Waals surface area contributed by atoms with Gasteiger partial charge in [0.15, 0.2) is 0 Å². The van der Waals surface area contributed by atoms with Crippen molar-refractivity contribution in [1.82, 2.24) is 9.47 Å². The molecule has 0 fully saturated rings. The number of hydrogen-bond donors (Lipinski definition) is 1. The molecule has 0 bridgehead atoms. The minimum atomic E-state index is -0.322. The average Bonchev–Trinajstić information content (AvgIpc) is 3.04. The van der Waals surface area contributed by atoms with Gasteiger partial charge < -0.3 is 20.1 Å². The van der Waals surface area contributed by atoms with Crippen LogP contribution in [0.25, 0.3) is 10.9 Å². The maximum atomic E-state index is 13.2. The Hall–Kier alpha value is -2.99. The molecule has 0 saturated heterocycles. The van der Waals surface area contributed by atoms with Crippen LogP contribution < -0.4 is 10.6 Å². The summed E-state index contributed by atoms with van der Waals surface area (Å²) in [6.45, 7) is 1.19. The number of primary amides is 1. The van der Waals surface area contributed by atoms with Crippen LogP contribution in [0.15, 0.2) is 48.5 Å². The third-order valence-electron chi connectivity index (χ3n) is 5.99. The molecule has 2 N–H and O–H groups in total. The Morgan fingerprint density at radius 1 is 1.14 bits per heavy atom. The first-order valence-electron chi connectivity index (χ1n) is 9.59. The maximum Gasteiger partial charge on any atom is 0.257 e. The number of carbonyl (C=O) groups excluding carboxylic acids is 2. The highest BCUT2D eigenvalue weighted by molar-refractivity contribution is 6.02. The Bertz CT molecular complexity index is 1120. The number of aromatic nitrogens is 1. The lowest BCUT2D eigenvalue weighted by Gasteiger charge is -2.46. The second-order valence-corrected chi connectivity index (χ2v) is 7.50. The first kappa shape index (κ1) is 19.3. The van der Waals surface area contributed by atoms with E-state index >= 15 is 0 Å². The molecule has 3 heterocycles. The molecular weight excluding hydrogens is 388 g/mol. The van der Waals surface area contributed by atoms with Crippen LogP contribution in [0.4, 0.5) is 5.69 Å². The van der Waals surface area contributed by atoms with Gasteiger partial charge in [-0.05, 0) is 30.2 Å². The molecule has 2 aliphatic heterocycles. The lowest BCUT2D eigenvalue weighted by Crippen LogP contribution is -2.51. The van der Waals surface area contributed by atoms with E-state index in [1.54, 1.807) is 0 Å². The van der Waals surface area contributed by atoms with Gasteiger partial charge in [0.25, 0.3) is 5.91 Å². The summed E-state index contributed by atoms with van der Waals surface area (Å²) in [5.74, 6) is -0.256. The zero-order chi connectivity index (χ0) is 19.4. The number of fused-ring (bicyclic) bond motifs is 6. The highest BCUT2D eigenvalue weighted by Gasteiger charge is 2.42. The van der Waals surface area contributed by atoms with Crippen molar-refractivity contribution in [2.45, 2.75) is 25.6 Å². The Kier molecular flexibility index (Phi) is 4.74. The predicted molar refractivity (Wildman–Crippen MR) is 115 cm³/mol. The van der Waals surface area contributed by atoms with Gasteiger partial charge in [-0.15, -0.1) is 12.4 Å². The third-order valence-corrected chi connectivity index (χ3v) is 5.99. The fraction of sp³-hybridized carbons (Fsp3) is 0.273. The fourth-order valence-electron chi connectivity index (χ4n) is 4.77. The summed E-state index contributed by atoms with van der Waals surface area (Å²) in [6, 6.07) is 16.0. The molecule has 2 aromatic carbocycles. The molecule has 2 amide bonds. The summed E-state index contributed by atoms with van der Waals surface area (Å²) in [7, 11) is 2.04. The van der Waals surface area contributed by atoms with Gasteiger partial charge in [-0.3, -0.25) is 9.59 Å². The van der Waals surface area contributed by atoms with Crippen LogP contribution in [0.2, 0.25) is 0 Å². The van der Waals surface area contributed by atoms with Gasteiger partial charge in [0.05, 0.1) is 16.9 Å². The SMILES string of the molecule is CN1c2ccccc2C(=O)N2CCc3c(n(CCC(N)=O)c4ccccc34)[C@H]21.Cl. The highest BCUT2D eigenvalue weighted by Crippen LogP contribution is 2.44. The summed E-state index contributed by atoms with van der Waals surface area (Å²) in [5.41, 5.74) is 10.6. The van der Waals surface area contributed by atoms with Crippen LogP contribution in [0.3, 0.4) is 0 Å². The van der Waals surface area contributed by atoms with Crippen LogP contribution in [0.1, 0.15) is 34.2 Å². The fourth-order valence-corrected chi connectivity index (χ4v) is 4.77. The molecule has 5 rings (SSSR count). The van der Waals surface area contributed by atoms with Crippen molar-refractivity contribution < 1.29 is 9.59 Å². The molecule has 6 nitrogen and oxygen atoms in total. The van der Waals surface area contributed by atoms with E-state index in [1.807, 2.05) is 48.3 Å². The van der Waals surface area contributed by atoms with Gasteiger partial charge in [-0.1, -0.05) is 30.3 Å². The predicted octanol–water partition coefficient (Wildman–Crippen LogP) is 3.09. The van der Waals surface area contributed by atoms with Crippen LogP contribution in [0.5, 0.6) is 0 Å². The van der Waals surface area contributed by atoms with Crippen molar-refractivity contribution in [2.24, 2.45) is 5.73 Å². The molecule has 0 saturated carbocycles. The average molecular weight is 411 g/mol. The summed E-state index contributed by atoms with van der Waals surface area (Å²) in [4.78, 5) is 28.8. The Morgan fingerprint density at radius 3 is 2.66 bits per heavy atom. The molecule has 0 spiro atoms. The van der Waals surface area contributed by atoms with E-state index in [4.69, 9.17) is 5.73 Å². The molecule has 150 valence electrons. The topological polar surface area (TPSA) is 71.6 Å². The van der Waals surface area contributed by atoms with Gasteiger partial charge in [0.2, 0.25) is 5.91 Å². The number of halogens is 1. The molecule has 7 heteroatoms. The number of nitrogens with zero attached hydrogens (tertiary/aromatic N) is 3. The highest BCUT2D eigenvalue weighted by atomic mass is 35.5. The van der Waals surface area contributed by atoms with Crippen LogP contribution in [-0.2, 0) is 17.8 Å².